The first-order chi connectivity index (χ1) is 15.4. The van der Waals surface area contributed by atoms with E-state index in [-0.39, 0.29) is 18.1 Å². The molecule has 0 saturated carbocycles. The first-order valence-electron chi connectivity index (χ1n) is 10.00. The van der Waals surface area contributed by atoms with Gasteiger partial charge in [0.05, 0.1) is 10.7 Å². The molecule has 0 aliphatic heterocycles. The first-order valence-corrected chi connectivity index (χ1v) is 11.1. The van der Waals surface area contributed by atoms with Gasteiger partial charge in [0.15, 0.2) is 0 Å². The Labute approximate surface area is 199 Å². The number of hydrogen-bond acceptors (Lipinski definition) is 2. The van der Waals surface area contributed by atoms with Crippen LogP contribution >= 0.6 is 34.8 Å². The molecule has 2 heterocycles. The summed E-state index contributed by atoms with van der Waals surface area (Å²) in [6.45, 7) is 0.392. The molecule has 32 heavy (non-hydrogen) atoms. The monoisotopic (exact) mass is 489 g/mol. The summed E-state index contributed by atoms with van der Waals surface area (Å²) in [4.78, 5) is 17.2. The van der Waals surface area contributed by atoms with E-state index in [1.54, 1.807) is 59.3 Å². The second kappa shape index (κ2) is 9.90. The van der Waals surface area contributed by atoms with Crippen molar-refractivity contribution in [1.29, 1.82) is 0 Å². The van der Waals surface area contributed by atoms with Gasteiger partial charge in [-0.05, 0) is 47.9 Å². The fourth-order valence-electron chi connectivity index (χ4n) is 3.68. The van der Waals surface area contributed by atoms with Crippen LogP contribution in [0, 0.1) is 5.82 Å². The van der Waals surface area contributed by atoms with Crippen molar-refractivity contribution >= 4 is 46.4 Å². The minimum Gasteiger partial charge on any atom is -0.356 e. The second-order valence-corrected chi connectivity index (χ2v) is 8.65. The van der Waals surface area contributed by atoms with Crippen LogP contribution in [-0.2, 0) is 11.2 Å². The third-order valence-electron chi connectivity index (χ3n) is 5.26. The molecule has 0 radical (unpaired) electrons. The second-order valence-electron chi connectivity index (χ2n) is 7.37. The molecule has 4 aromatic rings. The highest BCUT2D eigenvalue weighted by molar-refractivity contribution is 6.35. The number of carbonyl (C=O) groups excluding carboxylic acids is 1. The zero-order chi connectivity index (χ0) is 22.7. The molecule has 1 unspecified atom stereocenters. The fourth-order valence-corrected chi connectivity index (χ4v) is 4.35. The minimum atomic E-state index is -0.538. The number of pyridine rings is 1. The molecule has 0 aliphatic rings. The Morgan fingerprint density at radius 1 is 1.06 bits per heavy atom. The number of carbonyl (C=O) groups is 1. The first kappa shape index (κ1) is 22.6. The summed E-state index contributed by atoms with van der Waals surface area (Å²) in [5.74, 6) is -1.13. The van der Waals surface area contributed by atoms with Crippen LogP contribution in [-0.4, -0.2) is 21.8 Å². The van der Waals surface area contributed by atoms with E-state index < -0.39 is 5.92 Å². The average Bonchev–Trinajstić information content (AvgIpc) is 3.17. The standard InChI is InChI=1S/C24H19Cl3FN3O/c25-16-6-5-15(20(27)11-16)9-10-29-24(32)12-19(18-3-1-2-4-21(18)28)22-13-30-23-8-7-17(26)14-31(22)23/h1-8,11,13-14,19H,9-10,12H2,(H,29,32). The van der Waals surface area contributed by atoms with Crippen LogP contribution in [0.25, 0.3) is 5.65 Å². The van der Waals surface area contributed by atoms with Gasteiger partial charge in [-0.1, -0.05) is 59.1 Å². The Morgan fingerprint density at radius 3 is 2.62 bits per heavy atom. The van der Waals surface area contributed by atoms with E-state index in [4.69, 9.17) is 34.8 Å². The van der Waals surface area contributed by atoms with E-state index in [1.165, 1.54) is 6.07 Å². The van der Waals surface area contributed by atoms with Crippen molar-refractivity contribution in [3.8, 4) is 0 Å². The highest BCUT2D eigenvalue weighted by atomic mass is 35.5. The highest BCUT2D eigenvalue weighted by Crippen LogP contribution is 2.31. The number of nitrogens with zero attached hydrogens (tertiary/aromatic N) is 2. The van der Waals surface area contributed by atoms with Gasteiger partial charge in [-0.25, -0.2) is 9.37 Å². The topological polar surface area (TPSA) is 46.4 Å². The van der Waals surface area contributed by atoms with Gasteiger partial charge in [0.25, 0.3) is 0 Å². The van der Waals surface area contributed by atoms with Crippen LogP contribution < -0.4 is 5.32 Å². The van der Waals surface area contributed by atoms with Crippen molar-refractivity contribution in [2.75, 3.05) is 6.54 Å². The van der Waals surface area contributed by atoms with E-state index >= 15 is 0 Å². The van der Waals surface area contributed by atoms with Crippen molar-refractivity contribution in [2.24, 2.45) is 0 Å². The number of hydrogen-bond donors (Lipinski definition) is 1. The molecule has 4 rings (SSSR count). The zero-order valence-corrected chi connectivity index (χ0v) is 19.1. The van der Waals surface area contributed by atoms with E-state index in [0.717, 1.165) is 5.56 Å². The van der Waals surface area contributed by atoms with Gasteiger partial charge in [-0.3, -0.25) is 4.79 Å². The Hall–Kier alpha value is -2.60. The molecule has 4 nitrogen and oxygen atoms in total. The molecule has 0 aliphatic carbocycles. The summed E-state index contributed by atoms with van der Waals surface area (Å²) < 4.78 is 16.5. The van der Waals surface area contributed by atoms with E-state index in [0.29, 0.717) is 44.9 Å². The summed E-state index contributed by atoms with van der Waals surface area (Å²) in [6.07, 6.45) is 3.98. The minimum absolute atomic E-state index is 0.0512. The lowest BCUT2D eigenvalue weighted by atomic mass is 9.92. The molecule has 0 fully saturated rings. The molecular weight excluding hydrogens is 472 g/mol. The number of imidazole rings is 1. The summed E-state index contributed by atoms with van der Waals surface area (Å²) >= 11 is 18.3. The van der Waals surface area contributed by atoms with Crippen LogP contribution in [0.4, 0.5) is 4.39 Å². The number of rotatable bonds is 7. The number of halogens is 4. The van der Waals surface area contributed by atoms with Crippen molar-refractivity contribution < 1.29 is 9.18 Å². The molecule has 2 aromatic heterocycles. The molecule has 1 N–H and O–H groups in total. The Morgan fingerprint density at radius 2 is 1.84 bits per heavy atom. The lowest BCUT2D eigenvalue weighted by Crippen LogP contribution is -2.28. The maximum atomic E-state index is 14.7. The fraction of sp³-hybridized carbons (Fsp3) is 0.167. The van der Waals surface area contributed by atoms with Crippen LogP contribution in [0.3, 0.4) is 0 Å². The summed E-state index contributed by atoms with van der Waals surface area (Å²) in [5.41, 5.74) is 2.66. The van der Waals surface area contributed by atoms with Crippen LogP contribution in [0.2, 0.25) is 15.1 Å². The van der Waals surface area contributed by atoms with Gasteiger partial charge < -0.3 is 9.72 Å². The molecule has 164 valence electrons. The van der Waals surface area contributed by atoms with Gasteiger partial charge in [0, 0.05) is 41.3 Å². The predicted molar refractivity (Wildman–Crippen MR) is 126 cm³/mol. The molecule has 0 spiro atoms. The Bertz CT molecular complexity index is 1270. The van der Waals surface area contributed by atoms with Crippen LogP contribution in [0.5, 0.6) is 0 Å². The molecular formula is C24H19Cl3FN3O. The third-order valence-corrected chi connectivity index (χ3v) is 6.07. The summed E-state index contributed by atoms with van der Waals surface area (Å²) in [5, 5.41) is 4.54. The number of nitrogens with one attached hydrogen (secondary N) is 1. The predicted octanol–water partition coefficient (Wildman–Crippen LogP) is 6.31. The molecule has 1 amide bonds. The van der Waals surface area contributed by atoms with E-state index in [9.17, 15) is 9.18 Å². The number of aromatic nitrogens is 2. The lowest BCUT2D eigenvalue weighted by molar-refractivity contribution is -0.121. The smallest absolute Gasteiger partial charge is 0.221 e. The van der Waals surface area contributed by atoms with Gasteiger partial charge in [-0.2, -0.15) is 0 Å². The molecule has 2 aromatic carbocycles. The lowest BCUT2D eigenvalue weighted by Gasteiger charge is -2.18. The number of benzene rings is 2. The van der Waals surface area contributed by atoms with Crippen molar-refractivity contribution in [2.45, 2.75) is 18.8 Å². The van der Waals surface area contributed by atoms with Gasteiger partial charge >= 0.3 is 0 Å². The molecule has 0 saturated heterocycles. The van der Waals surface area contributed by atoms with Crippen molar-refractivity contribution in [3.05, 3.63) is 105 Å². The Balaban J connectivity index is 1.55. The SMILES string of the molecule is O=C(CC(c1ccccc1F)c1cnc2ccc(Cl)cn12)NCCc1ccc(Cl)cc1Cl. The molecule has 8 heteroatoms. The summed E-state index contributed by atoms with van der Waals surface area (Å²) in [6, 6.07) is 15.2. The average molecular weight is 491 g/mol. The van der Waals surface area contributed by atoms with Gasteiger partial charge in [-0.15, -0.1) is 0 Å². The normalized spacial score (nSPS) is 12.1. The van der Waals surface area contributed by atoms with E-state index in [1.807, 2.05) is 6.07 Å². The number of fused-ring (bicyclic) bond motifs is 1. The Kier molecular flexibility index (Phi) is 6.99. The molecule has 1 atom stereocenters. The van der Waals surface area contributed by atoms with Crippen LogP contribution in [0.15, 0.2) is 67.0 Å². The largest absolute Gasteiger partial charge is 0.356 e. The maximum Gasteiger partial charge on any atom is 0.221 e. The van der Waals surface area contributed by atoms with Crippen molar-refractivity contribution in [3.63, 3.8) is 0 Å². The van der Waals surface area contributed by atoms with Gasteiger partial charge in [0.2, 0.25) is 5.91 Å². The third kappa shape index (κ3) is 5.07. The molecule has 0 bridgehead atoms. The summed E-state index contributed by atoms with van der Waals surface area (Å²) in [7, 11) is 0. The quantitative estimate of drug-likeness (QED) is 0.330. The maximum absolute atomic E-state index is 14.7. The van der Waals surface area contributed by atoms with Gasteiger partial charge in [0.1, 0.15) is 11.5 Å². The zero-order valence-electron chi connectivity index (χ0n) is 16.9. The number of amides is 1. The van der Waals surface area contributed by atoms with E-state index in [2.05, 4.69) is 10.3 Å². The highest BCUT2D eigenvalue weighted by Gasteiger charge is 2.24. The van der Waals surface area contributed by atoms with Crippen LogP contribution in [0.1, 0.15) is 29.2 Å². The van der Waals surface area contributed by atoms with Crippen molar-refractivity contribution in [1.82, 2.24) is 14.7 Å².